The fourth-order valence-electron chi connectivity index (χ4n) is 2.93. The number of halogens is 1. The molecule has 3 aromatic rings. The molecule has 3 rings (SSSR count). The third kappa shape index (κ3) is 6.62. The van der Waals surface area contributed by atoms with Crippen LogP contribution in [0.25, 0.3) is 0 Å². The van der Waals surface area contributed by atoms with E-state index < -0.39 is 28.4 Å². The summed E-state index contributed by atoms with van der Waals surface area (Å²) in [6.45, 7) is -0.725. The van der Waals surface area contributed by atoms with Gasteiger partial charge in [0.1, 0.15) is 0 Å². The molecular formula is C23H22ClN3O5S. The zero-order valence-electron chi connectivity index (χ0n) is 17.4. The van der Waals surface area contributed by atoms with Gasteiger partial charge in [0, 0.05) is 17.1 Å². The van der Waals surface area contributed by atoms with E-state index in [1.807, 2.05) is 0 Å². The van der Waals surface area contributed by atoms with Crippen molar-refractivity contribution in [1.82, 2.24) is 15.2 Å². The highest BCUT2D eigenvalue weighted by atomic mass is 35.5. The van der Waals surface area contributed by atoms with Gasteiger partial charge in [-0.15, -0.1) is 0 Å². The monoisotopic (exact) mass is 487 g/mol. The van der Waals surface area contributed by atoms with Gasteiger partial charge in [-0.25, -0.2) is 8.42 Å². The summed E-state index contributed by atoms with van der Waals surface area (Å²) in [4.78, 5) is 24.8. The first-order valence-corrected chi connectivity index (χ1v) is 11.7. The maximum Gasteiger partial charge on any atom is 0.269 e. The van der Waals surface area contributed by atoms with Gasteiger partial charge in [0.15, 0.2) is 0 Å². The quantitative estimate of drug-likeness (QED) is 0.422. The van der Waals surface area contributed by atoms with Gasteiger partial charge in [0.05, 0.1) is 18.0 Å². The summed E-state index contributed by atoms with van der Waals surface area (Å²) in [5.41, 5.74) is 6.10. The van der Waals surface area contributed by atoms with Gasteiger partial charge in [-0.3, -0.25) is 20.4 Å². The second-order valence-electron chi connectivity index (χ2n) is 7.07. The lowest BCUT2D eigenvalue weighted by Gasteiger charge is -2.22. The summed E-state index contributed by atoms with van der Waals surface area (Å²) in [6, 6.07) is 20.6. The molecule has 2 amide bonds. The van der Waals surface area contributed by atoms with Crippen LogP contribution in [0.5, 0.6) is 0 Å². The lowest BCUT2D eigenvalue weighted by Crippen LogP contribution is -2.47. The Kier molecular flexibility index (Phi) is 8.18. The average molecular weight is 488 g/mol. The van der Waals surface area contributed by atoms with E-state index in [1.165, 1.54) is 36.4 Å². The van der Waals surface area contributed by atoms with Crippen LogP contribution in [0.3, 0.4) is 0 Å². The molecular weight excluding hydrogens is 466 g/mol. The third-order valence-corrected chi connectivity index (χ3v) is 6.75. The van der Waals surface area contributed by atoms with Gasteiger partial charge in [-0.2, -0.15) is 4.31 Å². The number of amides is 2. The molecule has 10 heteroatoms. The molecule has 0 bridgehead atoms. The highest BCUT2D eigenvalue weighted by Gasteiger charge is 2.27. The predicted molar refractivity (Wildman–Crippen MR) is 123 cm³/mol. The van der Waals surface area contributed by atoms with Crippen LogP contribution in [0.4, 0.5) is 0 Å². The second-order valence-corrected chi connectivity index (χ2v) is 9.44. The molecule has 0 aliphatic carbocycles. The van der Waals surface area contributed by atoms with Crippen molar-refractivity contribution in [3.8, 4) is 0 Å². The largest absolute Gasteiger partial charge is 0.392 e. The number of sulfonamides is 1. The molecule has 172 valence electrons. The number of carbonyl (C=O) groups is 2. The molecule has 3 N–H and O–H groups in total. The molecule has 0 saturated heterocycles. The highest BCUT2D eigenvalue weighted by molar-refractivity contribution is 7.89. The van der Waals surface area contributed by atoms with Crippen LogP contribution in [-0.2, 0) is 28.0 Å². The average Bonchev–Trinajstić information content (AvgIpc) is 2.83. The molecule has 33 heavy (non-hydrogen) atoms. The topological polar surface area (TPSA) is 116 Å². The summed E-state index contributed by atoms with van der Waals surface area (Å²) in [5, 5.41) is 9.46. The number of aliphatic hydroxyl groups excluding tert-OH is 1. The first-order valence-electron chi connectivity index (χ1n) is 9.88. The molecule has 0 unspecified atom stereocenters. The Morgan fingerprint density at radius 1 is 0.848 bits per heavy atom. The second kappa shape index (κ2) is 11.1. The fourth-order valence-corrected chi connectivity index (χ4v) is 4.44. The zero-order chi connectivity index (χ0) is 23.8. The van der Waals surface area contributed by atoms with E-state index >= 15 is 0 Å². The molecule has 0 radical (unpaired) electrons. The van der Waals surface area contributed by atoms with E-state index in [-0.39, 0.29) is 23.6 Å². The molecule has 0 aliphatic heterocycles. The maximum absolute atomic E-state index is 13.2. The van der Waals surface area contributed by atoms with E-state index in [9.17, 15) is 18.0 Å². The van der Waals surface area contributed by atoms with Gasteiger partial charge in [-0.1, -0.05) is 54.1 Å². The number of rotatable bonds is 8. The van der Waals surface area contributed by atoms with E-state index in [2.05, 4.69) is 10.9 Å². The van der Waals surface area contributed by atoms with Crippen molar-refractivity contribution in [2.75, 3.05) is 6.54 Å². The lowest BCUT2D eigenvalue weighted by molar-refractivity contribution is -0.122. The molecule has 8 nitrogen and oxygen atoms in total. The van der Waals surface area contributed by atoms with Gasteiger partial charge >= 0.3 is 0 Å². The molecule has 0 atom stereocenters. The Morgan fingerprint density at radius 3 is 2.09 bits per heavy atom. The van der Waals surface area contributed by atoms with Crippen LogP contribution >= 0.6 is 11.6 Å². The van der Waals surface area contributed by atoms with Crippen molar-refractivity contribution in [3.05, 3.63) is 101 Å². The molecule has 0 fully saturated rings. The highest BCUT2D eigenvalue weighted by Crippen LogP contribution is 2.20. The number of hydrogen-bond donors (Lipinski definition) is 3. The Morgan fingerprint density at radius 2 is 1.48 bits per heavy atom. The smallest absolute Gasteiger partial charge is 0.269 e. The van der Waals surface area contributed by atoms with Gasteiger partial charge in [0.25, 0.3) is 11.8 Å². The third-order valence-electron chi connectivity index (χ3n) is 4.69. The van der Waals surface area contributed by atoms with Crippen molar-refractivity contribution in [2.45, 2.75) is 18.0 Å². The number of carbonyl (C=O) groups excluding carboxylic acids is 2. The number of nitrogens with one attached hydrogen (secondary N) is 2. The minimum absolute atomic E-state index is 0.0105. The van der Waals surface area contributed by atoms with Crippen molar-refractivity contribution >= 4 is 33.4 Å². The van der Waals surface area contributed by atoms with Gasteiger partial charge in [0.2, 0.25) is 10.0 Å². The number of nitrogens with zero attached hydrogens (tertiary/aromatic N) is 1. The fraction of sp³-hybridized carbons (Fsp3) is 0.130. The molecule has 0 heterocycles. The molecule has 0 aliphatic rings. The van der Waals surface area contributed by atoms with Crippen molar-refractivity contribution < 1.29 is 23.1 Å². The van der Waals surface area contributed by atoms with Crippen LogP contribution in [0, 0.1) is 0 Å². The minimum atomic E-state index is -4.03. The summed E-state index contributed by atoms with van der Waals surface area (Å²) in [7, 11) is -4.03. The Balaban J connectivity index is 1.72. The number of hydrogen-bond acceptors (Lipinski definition) is 5. The summed E-state index contributed by atoms with van der Waals surface area (Å²) >= 11 is 5.87. The first kappa shape index (κ1) is 24.4. The molecule has 0 spiro atoms. The van der Waals surface area contributed by atoms with Crippen LogP contribution < -0.4 is 10.9 Å². The van der Waals surface area contributed by atoms with Crippen LogP contribution in [0.15, 0.2) is 83.8 Å². The lowest BCUT2D eigenvalue weighted by atomic mass is 10.1. The van der Waals surface area contributed by atoms with Crippen LogP contribution in [0.2, 0.25) is 5.02 Å². The summed E-state index contributed by atoms with van der Waals surface area (Å²) < 4.78 is 27.4. The number of benzene rings is 3. The zero-order valence-corrected chi connectivity index (χ0v) is 19.0. The van der Waals surface area contributed by atoms with E-state index in [1.54, 1.807) is 42.5 Å². The Hall–Kier alpha value is -3.24. The SMILES string of the molecule is O=C(CN(Cc1ccccc1)S(=O)(=O)c1ccc(Cl)cc1)NNC(=O)c1ccc(CO)cc1. The number of hydrazine groups is 1. The Labute approximate surface area is 196 Å². The van der Waals surface area contributed by atoms with E-state index in [0.29, 0.717) is 16.1 Å². The number of aliphatic hydroxyl groups is 1. The molecule has 3 aromatic carbocycles. The van der Waals surface area contributed by atoms with Crippen molar-refractivity contribution in [3.63, 3.8) is 0 Å². The maximum atomic E-state index is 13.2. The van der Waals surface area contributed by atoms with Crippen molar-refractivity contribution in [2.24, 2.45) is 0 Å². The predicted octanol–water partition coefficient (Wildman–Crippen LogP) is 2.48. The minimum Gasteiger partial charge on any atom is -0.392 e. The van der Waals surface area contributed by atoms with Crippen LogP contribution in [0.1, 0.15) is 21.5 Å². The summed E-state index contributed by atoms with van der Waals surface area (Å²) in [5.74, 6) is -1.30. The Bertz CT molecular complexity index is 1200. The van der Waals surface area contributed by atoms with E-state index in [4.69, 9.17) is 16.7 Å². The standard InChI is InChI=1S/C23H22ClN3O5S/c24-20-10-12-21(13-11-20)33(31,32)27(14-17-4-2-1-3-5-17)15-22(29)25-26-23(30)19-8-6-18(16-28)7-9-19/h1-13,28H,14-16H2,(H,25,29)(H,26,30). The molecule has 0 aromatic heterocycles. The van der Waals surface area contributed by atoms with Gasteiger partial charge < -0.3 is 5.11 Å². The van der Waals surface area contributed by atoms with Gasteiger partial charge in [-0.05, 0) is 47.5 Å². The van der Waals surface area contributed by atoms with Crippen LogP contribution in [-0.4, -0.2) is 36.2 Å². The van der Waals surface area contributed by atoms with Crippen molar-refractivity contribution in [1.29, 1.82) is 0 Å². The van der Waals surface area contributed by atoms with E-state index in [0.717, 1.165) is 4.31 Å². The normalized spacial score (nSPS) is 11.2. The molecule has 0 saturated carbocycles. The first-order chi connectivity index (χ1) is 15.8. The summed E-state index contributed by atoms with van der Waals surface area (Å²) in [6.07, 6.45) is 0.